The molecule has 8 nitrogen and oxygen atoms in total. The van der Waals surface area contributed by atoms with Gasteiger partial charge in [-0.05, 0) is 30.6 Å². The SMILES string of the molecule is C=CC(=O)N1CCC(N(C)c2c[nH]c3ncnc(C#Cc4cc(OC)cc(OC)c4)c23)C1. The molecule has 8 heteroatoms. The molecule has 1 aliphatic heterocycles. The maximum absolute atomic E-state index is 12.0. The number of rotatable bonds is 5. The van der Waals surface area contributed by atoms with Gasteiger partial charge in [0.2, 0.25) is 5.91 Å². The molecule has 1 N–H and O–H groups in total. The number of aromatic nitrogens is 3. The Bertz CT molecular complexity index is 1200. The van der Waals surface area contributed by atoms with Gasteiger partial charge in [0.25, 0.3) is 0 Å². The summed E-state index contributed by atoms with van der Waals surface area (Å²) >= 11 is 0. The largest absolute Gasteiger partial charge is 0.497 e. The first-order valence-electron chi connectivity index (χ1n) is 10.3. The summed E-state index contributed by atoms with van der Waals surface area (Å²) in [5, 5.41) is 0.853. The Labute approximate surface area is 186 Å². The summed E-state index contributed by atoms with van der Waals surface area (Å²) in [5.41, 5.74) is 3.04. The lowest BCUT2D eigenvalue weighted by molar-refractivity contribution is -0.125. The fraction of sp³-hybridized carbons (Fsp3) is 0.292. The number of anilines is 1. The molecule has 4 rings (SSSR count). The molecule has 1 fully saturated rings. The Morgan fingerprint density at radius 1 is 1.25 bits per heavy atom. The van der Waals surface area contributed by atoms with Crippen molar-refractivity contribution in [3.05, 3.63) is 54.6 Å². The number of nitrogens with zero attached hydrogens (tertiary/aromatic N) is 4. The highest BCUT2D eigenvalue weighted by Gasteiger charge is 2.29. The average molecular weight is 431 g/mol. The number of nitrogens with one attached hydrogen (secondary N) is 1. The Morgan fingerprint density at radius 2 is 2.00 bits per heavy atom. The fourth-order valence-electron chi connectivity index (χ4n) is 3.91. The third-order valence-corrected chi connectivity index (χ3v) is 5.70. The summed E-state index contributed by atoms with van der Waals surface area (Å²) in [6.45, 7) is 4.94. The molecule has 164 valence electrons. The van der Waals surface area contributed by atoms with Crippen molar-refractivity contribution < 1.29 is 14.3 Å². The van der Waals surface area contributed by atoms with Crippen LogP contribution in [0, 0.1) is 11.8 Å². The Kier molecular flexibility index (Phi) is 5.99. The van der Waals surface area contributed by atoms with Crippen molar-refractivity contribution in [1.29, 1.82) is 0 Å². The minimum Gasteiger partial charge on any atom is -0.497 e. The van der Waals surface area contributed by atoms with Gasteiger partial charge in [-0.25, -0.2) is 9.97 Å². The van der Waals surface area contributed by atoms with E-state index in [4.69, 9.17) is 9.47 Å². The second-order valence-electron chi connectivity index (χ2n) is 7.51. The topological polar surface area (TPSA) is 83.6 Å². The van der Waals surface area contributed by atoms with Crippen molar-refractivity contribution >= 4 is 22.6 Å². The molecule has 1 unspecified atom stereocenters. The Balaban J connectivity index is 1.67. The average Bonchev–Trinajstić information content (AvgIpc) is 3.49. The van der Waals surface area contributed by atoms with E-state index in [9.17, 15) is 4.79 Å². The monoisotopic (exact) mass is 431 g/mol. The molecule has 1 aliphatic rings. The van der Waals surface area contributed by atoms with E-state index in [-0.39, 0.29) is 11.9 Å². The molecule has 0 spiro atoms. The van der Waals surface area contributed by atoms with Crippen LogP contribution in [0.5, 0.6) is 11.5 Å². The summed E-state index contributed by atoms with van der Waals surface area (Å²) < 4.78 is 10.7. The van der Waals surface area contributed by atoms with E-state index in [2.05, 4.69) is 38.3 Å². The number of likely N-dealkylation sites (N-methyl/N-ethyl adjacent to an activating group) is 1. The van der Waals surface area contributed by atoms with Crippen LogP contribution in [0.4, 0.5) is 5.69 Å². The molecular formula is C24H25N5O3. The highest BCUT2D eigenvalue weighted by Crippen LogP contribution is 2.30. The number of likely N-dealkylation sites (tertiary alicyclic amines) is 1. The molecule has 1 saturated heterocycles. The lowest BCUT2D eigenvalue weighted by Gasteiger charge is -2.26. The second kappa shape index (κ2) is 9.02. The van der Waals surface area contributed by atoms with Gasteiger partial charge in [0.05, 0.1) is 25.3 Å². The minimum atomic E-state index is -0.0385. The van der Waals surface area contributed by atoms with Crippen LogP contribution in [-0.4, -0.2) is 66.2 Å². The number of hydrogen-bond acceptors (Lipinski definition) is 6. The van der Waals surface area contributed by atoms with Crippen LogP contribution in [0.1, 0.15) is 17.7 Å². The van der Waals surface area contributed by atoms with Crippen LogP contribution in [0.3, 0.4) is 0 Å². The number of aromatic amines is 1. The van der Waals surface area contributed by atoms with Crippen LogP contribution in [0.2, 0.25) is 0 Å². The summed E-state index contributed by atoms with van der Waals surface area (Å²) in [4.78, 5) is 28.0. The number of hydrogen-bond donors (Lipinski definition) is 1. The summed E-state index contributed by atoms with van der Waals surface area (Å²) in [5.74, 6) is 7.64. The molecule has 0 aliphatic carbocycles. The standard InChI is InChI=1S/C24H25N5O3/c1-5-22(30)29-9-8-17(14-29)28(2)21-13-25-24-23(21)20(26-15-27-24)7-6-16-10-18(31-3)12-19(11-16)32-4/h5,10-13,15,17H,1,8-9,14H2,2-4H3,(H,25,26,27). The van der Waals surface area contributed by atoms with E-state index in [1.165, 1.54) is 12.4 Å². The molecular weight excluding hydrogens is 406 g/mol. The maximum Gasteiger partial charge on any atom is 0.246 e. The van der Waals surface area contributed by atoms with Crippen LogP contribution in [0.15, 0.2) is 43.4 Å². The van der Waals surface area contributed by atoms with Gasteiger partial charge in [-0.2, -0.15) is 0 Å². The third kappa shape index (κ3) is 4.10. The second-order valence-corrected chi connectivity index (χ2v) is 7.51. The predicted octanol–water partition coefficient (Wildman–Crippen LogP) is 2.60. The normalized spacial score (nSPS) is 15.2. The lowest BCUT2D eigenvalue weighted by Crippen LogP contribution is -2.36. The molecule has 32 heavy (non-hydrogen) atoms. The van der Waals surface area contributed by atoms with Crippen molar-refractivity contribution in [1.82, 2.24) is 19.9 Å². The summed E-state index contributed by atoms with van der Waals surface area (Å²) in [6.07, 6.45) is 5.65. The van der Waals surface area contributed by atoms with Gasteiger partial charge >= 0.3 is 0 Å². The Morgan fingerprint density at radius 3 is 2.69 bits per heavy atom. The molecule has 3 heterocycles. The van der Waals surface area contributed by atoms with E-state index >= 15 is 0 Å². The van der Waals surface area contributed by atoms with Gasteiger partial charge in [-0.1, -0.05) is 12.5 Å². The van der Waals surface area contributed by atoms with E-state index in [0.29, 0.717) is 35.9 Å². The Hall–Kier alpha value is -3.99. The molecule has 1 atom stereocenters. The van der Waals surface area contributed by atoms with E-state index in [0.717, 1.165) is 23.1 Å². The lowest BCUT2D eigenvalue weighted by atomic mass is 10.1. The summed E-state index contributed by atoms with van der Waals surface area (Å²) in [6, 6.07) is 5.68. The number of fused-ring (bicyclic) bond motifs is 1. The van der Waals surface area contributed by atoms with E-state index in [1.807, 2.05) is 30.3 Å². The quantitative estimate of drug-likeness (QED) is 0.494. The highest BCUT2D eigenvalue weighted by molar-refractivity contribution is 5.94. The van der Waals surface area contributed by atoms with E-state index < -0.39 is 0 Å². The first-order valence-corrected chi connectivity index (χ1v) is 10.3. The number of carbonyl (C=O) groups is 1. The van der Waals surface area contributed by atoms with Crippen molar-refractivity contribution in [2.24, 2.45) is 0 Å². The zero-order chi connectivity index (χ0) is 22.7. The minimum absolute atomic E-state index is 0.0385. The number of benzene rings is 1. The number of amides is 1. The highest BCUT2D eigenvalue weighted by atomic mass is 16.5. The van der Waals surface area contributed by atoms with Crippen molar-refractivity contribution in [3.8, 4) is 23.3 Å². The first kappa shape index (κ1) is 21.2. The van der Waals surface area contributed by atoms with Gasteiger partial charge in [0.15, 0.2) is 0 Å². The first-order chi connectivity index (χ1) is 15.5. The van der Waals surface area contributed by atoms with Crippen molar-refractivity contribution in [2.75, 3.05) is 39.3 Å². The van der Waals surface area contributed by atoms with Crippen LogP contribution in [-0.2, 0) is 4.79 Å². The van der Waals surface area contributed by atoms with E-state index in [1.54, 1.807) is 20.3 Å². The van der Waals surface area contributed by atoms with Gasteiger partial charge in [0.1, 0.15) is 29.2 Å². The van der Waals surface area contributed by atoms with Crippen molar-refractivity contribution in [3.63, 3.8) is 0 Å². The number of ether oxygens (including phenoxy) is 2. The summed E-state index contributed by atoms with van der Waals surface area (Å²) in [7, 11) is 5.23. The zero-order valence-electron chi connectivity index (χ0n) is 18.4. The number of carbonyl (C=O) groups excluding carboxylic acids is 1. The predicted molar refractivity (Wildman–Crippen MR) is 123 cm³/mol. The van der Waals surface area contributed by atoms with Gasteiger partial charge < -0.3 is 24.3 Å². The van der Waals surface area contributed by atoms with Gasteiger partial charge in [-0.15, -0.1) is 0 Å². The van der Waals surface area contributed by atoms with Crippen LogP contribution in [0.25, 0.3) is 11.0 Å². The molecule has 0 radical (unpaired) electrons. The zero-order valence-corrected chi connectivity index (χ0v) is 18.4. The van der Waals surface area contributed by atoms with Crippen LogP contribution >= 0.6 is 0 Å². The van der Waals surface area contributed by atoms with Crippen LogP contribution < -0.4 is 14.4 Å². The number of methoxy groups -OCH3 is 2. The van der Waals surface area contributed by atoms with Crippen molar-refractivity contribution in [2.45, 2.75) is 12.5 Å². The van der Waals surface area contributed by atoms with Gasteiger partial charge in [-0.3, -0.25) is 4.79 Å². The fourth-order valence-corrected chi connectivity index (χ4v) is 3.91. The molecule has 0 saturated carbocycles. The molecule has 2 aromatic heterocycles. The smallest absolute Gasteiger partial charge is 0.246 e. The molecule has 3 aromatic rings. The maximum atomic E-state index is 12.0. The number of H-pyrrole nitrogens is 1. The third-order valence-electron chi connectivity index (χ3n) is 5.70. The molecule has 1 amide bonds. The molecule has 1 aromatic carbocycles. The molecule has 0 bridgehead atoms. The van der Waals surface area contributed by atoms with Gasteiger partial charge in [0, 0.05) is 44.0 Å².